The molecule has 3 atom stereocenters. The lowest BCUT2D eigenvalue weighted by Gasteiger charge is -2.41. The maximum atomic E-state index is 13.1. The van der Waals surface area contributed by atoms with Crippen LogP contribution in [-0.2, 0) is 19.7 Å². The molecule has 3 rings (SSSR count). The second-order valence-electron chi connectivity index (χ2n) is 8.03. The quantitative estimate of drug-likeness (QED) is 0.674. The maximum absolute atomic E-state index is 13.1. The molecule has 31 heavy (non-hydrogen) atoms. The van der Waals surface area contributed by atoms with Gasteiger partial charge in [-0.25, -0.2) is 0 Å². The fourth-order valence-corrected chi connectivity index (χ4v) is 5.90. The average Bonchev–Trinajstić information content (AvgIpc) is 2.72. The molecular weight excluding hydrogens is 444 g/mol. The van der Waals surface area contributed by atoms with Crippen molar-refractivity contribution in [2.75, 3.05) is 51.7 Å². The van der Waals surface area contributed by atoms with E-state index in [1.165, 1.54) is 15.7 Å². The summed E-state index contributed by atoms with van der Waals surface area (Å²) in [6.07, 6.45) is -0.265. The van der Waals surface area contributed by atoms with Gasteiger partial charge in [0.15, 0.2) is 0 Å². The number of halogens is 1. The second kappa shape index (κ2) is 10.0. The van der Waals surface area contributed by atoms with Gasteiger partial charge >= 0.3 is 0 Å². The van der Waals surface area contributed by atoms with E-state index >= 15 is 0 Å². The first-order valence-electron chi connectivity index (χ1n) is 10.4. The summed E-state index contributed by atoms with van der Waals surface area (Å²) in [5.74, 6) is 0.322. The fourth-order valence-electron chi connectivity index (χ4n) is 3.98. The Bertz CT molecular complexity index is 882. The van der Waals surface area contributed by atoms with Crippen molar-refractivity contribution in [2.45, 2.75) is 39.0 Å². The lowest BCUT2D eigenvalue weighted by Crippen LogP contribution is -2.58. The minimum Gasteiger partial charge on any atom is -0.495 e. The Morgan fingerprint density at radius 2 is 1.77 bits per heavy atom. The molecule has 2 aliphatic heterocycles. The Balaban J connectivity index is 1.59. The van der Waals surface area contributed by atoms with Crippen LogP contribution in [0, 0.1) is 0 Å². The molecule has 1 amide bonds. The smallest absolute Gasteiger partial charge is 0.282 e. The first-order valence-corrected chi connectivity index (χ1v) is 12.2. The van der Waals surface area contributed by atoms with E-state index in [2.05, 4.69) is 5.32 Å². The van der Waals surface area contributed by atoms with Crippen LogP contribution in [0.1, 0.15) is 20.8 Å². The zero-order valence-corrected chi connectivity index (χ0v) is 19.9. The molecule has 0 saturated carbocycles. The summed E-state index contributed by atoms with van der Waals surface area (Å²) in [7, 11) is -2.03. The van der Waals surface area contributed by atoms with E-state index in [0.717, 1.165) is 0 Å². The molecule has 9 nitrogen and oxygen atoms in total. The number of rotatable bonds is 6. The van der Waals surface area contributed by atoms with Crippen molar-refractivity contribution < 1.29 is 22.7 Å². The molecule has 0 radical (unpaired) electrons. The lowest BCUT2D eigenvalue weighted by atomic mass is 10.2. The van der Waals surface area contributed by atoms with E-state index < -0.39 is 16.3 Å². The van der Waals surface area contributed by atoms with Crippen LogP contribution in [0.25, 0.3) is 0 Å². The molecule has 2 heterocycles. The number of piperazine rings is 1. The van der Waals surface area contributed by atoms with Crippen LogP contribution < -0.4 is 10.1 Å². The molecule has 174 valence electrons. The summed E-state index contributed by atoms with van der Waals surface area (Å²) in [6.45, 7) is 7.88. The topological polar surface area (TPSA) is 91.4 Å². The molecule has 0 spiro atoms. The highest BCUT2D eigenvalue weighted by atomic mass is 35.5. The Hall–Kier alpha value is -1.43. The normalized spacial score (nSPS) is 25.2. The summed E-state index contributed by atoms with van der Waals surface area (Å²) in [5, 5.41) is 3.35. The molecule has 11 heteroatoms. The number of methoxy groups -OCH3 is 1. The molecule has 2 fully saturated rings. The van der Waals surface area contributed by atoms with Gasteiger partial charge in [0, 0.05) is 44.3 Å². The Morgan fingerprint density at radius 1 is 1.16 bits per heavy atom. The van der Waals surface area contributed by atoms with Gasteiger partial charge < -0.3 is 14.8 Å². The van der Waals surface area contributed by atoms with Crippen molar-refractivity contribution >= 4 is 33.4 Å². The predicted octanol–water partition coefficient (Wildman–Crippen LogP) is 1.65. The monoisotopic (exact) mass is 474 g/mol. The molecule has 1 aromatic carbocycles. The molecule has 1 N–H and O–H groups in total. The third-order valence-electron chi connectivity index (χ3n) is 5.66. The van der Waals surface area contributed by atoms with Gasteiger partial charge in [0.1, 0.15) is 5.75 Å². The average molecular weight is 475 g/mol. The van der Waals surface area contributed by atoms with E-state index in [-0.39, 0.29) is 18.1 Å². The standard InChI is InChI=1S/C20H31ClN4O5S/c1-14-12-25(13-15(2)30-14)31(27,28)24-9-7-23(8-10-24)16(3)20(26)22-18-11-17(21)5-6-19(18)29-4/h5-6,11,14-16H,7-10,12-13H2,1-4H3,(H,22,26). The molecule has 1 aromatic rings. The number of ether oxygens (including phenoxy) is 2. The zero-order chi connectivity index (χ0) is 22.8. The fraction of sp³-hybridized carbons (Fsp3) is 0.650. The number of hydrogen-bond acceptors (Lipinski definition) is 6. The Morgan fingerprint density at radius 3 is 2.35 bits per heavy atom. The van der Waals surface area contributed by atoms with Crippen molar-refractivity contribution in [3.8, 4) is 5.75 Å². The van der Waals surface area contributed by atoms with Gasteiger partial charge in [-0.05, 0) is 39.0 Å². The van der Waals surface area contributed by atoms with Gasteiger partial charge in [-0.2, -0.15) is 17.0 Å². The van der Waals surface area contributed by atoms with Gasteiger partial charge in [0.25, 0.3) is 10.2 Å². The third-order valence-corrected chi connectivity index (χ3v) is 7.86. The SMILES string of the molecule is COc1ccc(Cl)cc1NC(=O)C(C)N1CCN(S(=O)(=O)N2CC(C)OC(C)C2)CC1. The summed E-state index contributed by atoms with van der Waals surface area (Å²) in [6, 6.07) is 4.59. The molecule has 0 bridgehead atoms. The lowest BCUT2D eigenvalue weighted by molar-refractivity contribution is -0.121. The van der Waals surface area contributed by atoms with Crippen molar-refractivity contribution in [3.63, 3.8) is 0 Å². The van der Waals surface area contributed by atoms with E-state index in [1.807, 2.05) is 25.7 Å². The van der Waals surface area contributed by atoms with Gasteiger partial charge in [0.05, 0.1) is 31.0 Å². The second-order valence-corrected chi connectivity index (χ2v) is 10.4. The molecule has 3 unspecified atom stereocenters. The highest BCUT2D eigenvalue weighted by Crippen LogP contribution is 2.28. The van der Waals surface area contributed by atoms with E-state index in [4.69, 9.17) is 21.1 Å². The van der Waals surface area contributed by atoms with Crippen LogP contribution in [0.5, 0.6) is 5.75 Å². The summed E-state index contributed by atoms with van der Waals surface area (Å²) >= 11 is 6.03. The van der Waals surface area contributed by atoms with Gasteiger partial charge in [-0.1, -0.05) is 11.6 Å². The molecule has 0 aromatic heterocycles. The van der Waals surface area contributed by atoms with Crippen LogP contribution in [0.2, 0.25) is 5.02 Å². The number of anilines is 1. The Labute approximate surface area is 189 Å². The van der Waals surface area contributed by atoms with Crippen LogP contribution in [0.4, 0.5) is 5.69 Å². The minimum atomic E-state index is -3.55. The van der Waals surface area contributed by atoms with Gasteiger partial charge in [-0.3, -0.25) is 9.69 Å². The number of nitrogens with one attached hydrogen (secondary N) is 1. The van der Waals surface area contributed by atoms with E-state index in [0.29, 0.717) is 55.7 Å². The third kappa shape index (κ3) is 5.68. The summed E-state index contributed by atoms with van der Waals surface area (Å²) in [4.78, 5) is 14.8. The maximum Gasteiger partial charge on any atom is 0.282 e. The van der Waals surface area contributed by atoms with Crippen LogP contribution in [0.15, 0.2) is 18.2 Å². The predicted molar refractivity (Wildman–Crippen MR) is 120 cm³/mol. The number of benzene rings is 1. The number of morpholine rings is 1. The number of hydrogen-bond donors (Lipinski definition) is 1. The van der Waals surface area contributed by atoms with E-state index in [9.17, 15) is 13.2 Å². The first-order chi connectivity index (χ1) is 14.6. The van der Waals surface area contributed by atoms with Gasteiger partial charge in [-0.15, -0.1) is 0 Å². The number of carbonyl (C=O) groups excluding carboxylic acids is 1. The van der Waals surface area contributed by atoms with E-state index in [1.54, 1.807) is 18.2 Å². The summed E-state index contributed by atoms with van der Waals surface area (Å²) in [5.41, 5.74) is 0.503. The first kappa shape index (κ1) is 24.2. The number of nitrogens with zero attached hydrogens (tertiary/aromatic N) is 3. The van der Waals surface area contributed by atoms with Crippen molar-refractivity contribution in [2.24, 2.45) is 0 Å². The van der Waals surface area contributed by atoms with Crippen LogP contribution in [-0.4, -0.2) is 92.5 Å². The Kier molecular flexibility index (Phi) is 7.82. The van der Waals surface area contributed by atoms with Gasteiger partial charge in [0.2, 0.25) is 5.91 Å². The molecule has 2 saturated heterocycles. The molecular formula is C20H31ClN4O5S. The minimum absolute atomic E-state index is 0.132. The highest BCUT2D eigenvalue weighted by molar-refractivity contribution is 7.86. The summed E-state index contributed by atoms with van der Waals surface area (Å²) < 4.78 is 40.0. The molecule has 2 aliphatic rings. The molecule has 0 aliphatic carbocycles. The number of carbonyl (C=O) groups is 1. The van der Waals surface area contributed by atoms with Crippen molar-refractivity contribution in [3.05, 3.63) is 23.2 Å². The number of amides is 1. The van der Waals surface area contributed by atoms with Crippen LogP contribution in [0.3, 0.4) is 0 Å². The zero-order valence-electron chi connectivity index (χ0n) is 18.4. The highest BCUT2D eigenvalue weighted by Gasteiger charge is 2.37. The van der Waals surface area contributed by atoms with Crippen molar-refractivity contribution in [1.82, 2.24) is 13.5 Å². The van der Waals surface area contributed by atoms with Crippen molar-refractivity contribution in [1.29, 1.82) is 0 Å². The largest absolute Gasteiger partial charge is 0.495 e. The van der Waals surface area contributed by atoms with Crippen LogP contribution >= 0.6 is 11.6 Å².